The second-order valence-corrected chi connectivity index (χ2v) is 3.91. The standard InChI is InChI=1S/C9H19NO2.C2H6/c1-6-5-8(10(3)4)9(11)7(2)12-6;1-2/h6-9,11H,5H2,1-4H3;1-2H3. The van der Waals surface area contributed by atoms with Gasteiger partial charge in [-0.1, -0.05) is 13.8 Å². The summed E-state index contributed by atoms with van der Waals surface area (Å²) in [7, 11) is 4.00. The first-order valence-corrected chi connectivity index (χ1v) is 5.52. The lowest BCUT2D eigenvalue weighted by atomic mass is 9.96. The van der Waals surface area contributed by atoms with E-state index < -0.39 is 0 Å². The second-order valence-electron chi connectivity index (χ2n) is 3.91. The maximum atomic E-state index is 9.76. The van der Waals surface area contributed by atoms with Crippen molar-refractivity contribution in [2.24, 2.45) is 0 Å². The van der Waals surface area contributed by atoms with Crippen LogP contribution in [0.2, 0.25) is 0 Å². The van der Waals surface area contributed by atoms with Crippen LogP contribution in [0.4, 0.5) is 0 Å². The molecule has 1 rings (SSSR count). The van der Waals surface area contributed by atoms with Crippen LogP contribution in [0.3, 0.4) is 0 Å². The Morgan fingerprint density at radius 1 is 1.21 bits per heavy atom. The molecule has 1 aliphatic heterocycles. The van der Waals surface area contributed by atoms with Crippen LogP contribution in [0.15, 0.2) is 0 Å². The molecule has 14 heavy (non-hydrogen) atoms. The number of likely N-dealkylation sites (N-methyl/N-ethyl adjacent to an activating group) is 1. The molecule has 1 saturated heterocycles. The van der Waals surface area contributed by atoms with Gasteiger partial charge in [-0.3, -0.25) is 0 Å². The van der Waals surface area contributed by atoms with E-state index in [1.165, 1.54) is 0 Å². The van der Waals surface area contributed by atoms with E-state index in [0.29, 0.717) is 0 Å². The van der Waals surface area contributed by atoms with E-state index in [2.05, 4.69) is 11.8 Å². The first-order valence-electron chi connectivity index (χ1n) is 5.52. The van der Waals surface area contributed by atoms with Gasteiger partial charge in [0.2, 0.25) is 0 Å². The third kappa shape index (κ3) is 3.56. The molecule has 1 N–H and O–H groups in total. The summed E-state index contributed by atoms with van der Waals surface area (Å²) < 4.78 is 5.50. The smallest absolute Gasteiger partial charge is 0.0954 e. The van der Waals surface area contributed by atoms with Gasteiger partial charge >= 0.3 is 0 Å². The largest absolute Gasteiger partial charge is 0.389 e. The lowest BCUT2D eigenvalue weighted by molar-refractivity contribution is -0.134. The van der Waals surface area contributed by atoms with E-state index in [-0.39, 0.29) is 24.4 Å². The molecule has 4 atom stereocenters. The Hall–Kier alpha value is -0.120. The van der Waals surface area contributed by atoms with Crippen LogP contribution in [0.5, 0.6) is 0 Å². The van der Waals surface area contributed by atoms with Crippen LogP contribution in [0.1, 0.15) is 34.1 Å². The molecule has 4 unspecified atom stereocenters. The van der Waals surface area contributed by atoms with Crippen LogP contribution in [0, 0.1) is 0 Å². The van der Waals surface area contributed by atoms with Crippen molar-refractivity contribution in [3.05, 3.63) is 0 Å². The quantitative estimate of drug-likeness (QED) is 0.701. The van der Waals surface area contributed by atoms with Crippen LogP contribution in [0.25, 0.3) is 0 Å². The lowest BCUT2D eigenvalue weighted by Gasteiger charge is -2.40. The van der Waals surface area contributed by atoms with Crippen LogP contribution >= 0.6 is 0 Å². The van der Waals surface area contributed by atoms with Crippen LogP contribution in [-0.2, 0) is 4.74 Å². The Morgan fingerprint density at radius 3 is 2.14 bits per heavy atom. The van der Waals surface area contributed by atoms with Crippen molar-refractivity contribution in [1.29, 1.82) is 0 Å². The molecule has 1 heterocycles. The molecular weight excluding hydrogens is 178 g/mol. The molecule has 0 aromatic rings. The van der Waals surface area contributed by atoms with Gasteiger partial charge in [-0.25, -0.2) is 0 Å². The highest BCUT2D eigenvalue weighted by molar-refractivity contribution is 4.86. The van der Waals surface area contributed by atoms with Gasteiger partial charge in [0.1, 0.15) is 0 Å². The summed E-state index contributed by atoms with van der Waals surface area (Å²) in [4.78, 5) is 2.07. The molecule has 0 radical (unpaired) electrons. The minimum Gasteiger partial charge on any atom is -0.389 e. The summed E-state index contributed by atoms with van der Waals surface area (Å²) >= 11 is 0. The molecule has 1 aliphatic rings. The number of hydrogen-bond acceptors (Lipinski definition) is 3. The van der Waals surface area contributed by atoms with E-state index >= 15 is 0 Å². The van der Waals surface area contributed by atoms with E-state index in [4.69, 9.17) is 4.74 Å². The first kappa shape index (κ1) is 13.9. The molecular formula is C11H25NO2. The zero-order valence-corrected chi connectivity index (χ0v) is 10.3. The van der Waals surface area contributed by atoms with E-state index in [1.807, 2.05) is 34.9 Å². The summed E-state index contributed by atoms with van der Waals surface area (Å²) in [5, 5.41) is 9.76. The maximum Gasteiger partial charge on any atom is 0.0954 e. The van der Waals surface area contributed by atoms with Gasteiger partial charge in [-0.2, -0.15) is 0 Å². The molecule has 0 bridgehead atoms. The zero-order valence-electron chi connectivity index (χ0n) is 10.3. The Morgan fingerprint density at radius 2 is 1.71 bits per heavy atom. The topological polar surface area (TPSA) is 32.7 Å². The zero-order chi connectivity index (χ0) is 11.3. The summed E-state index contributed by atoms with van der Waals surface area (Å²) in [6.45, 7) is 7.98. The molecule has 3 nitrogen and oxygen atoms in total. The van der Waals surface area contributed by atoms with Gasteiger partial charge < -0.3 is 14.7 Å². The van der Waals surface area contributed by atoms with Crippen molar-refractivity contribution in [2.45, 2.75) is 58.5 Å². The molecule has 3 heteroatoms. The van der Waals surface area contributed by atoms with Gasteiger partial charge in [0, 0.05) is 6.04 Å². The number of hydrogen-bond donors (Lipinski definition) is 1. The van der Waals surface area contributed by atoms with E-state index in [9.17, 15) is 5.11 Å². The average Bonchev–Trinajstić information content (AvgIpc) is 2.14. The van der Waals surface area contributed by atoms with E-state index in [1.54, 1.807) is 0 Å². The Bertz CT molecular complexity index is 150. The molecule has 0 aromatic heterocycles. The van der Waals surface area contributed by atoms with Crippen molar-refractivity contribution in [2.75, 3.05) is 14.1 Å². The molecule has 0 aliphatic carbocycles. The highest BCUT2D eigenvalue weighted by Gasteiger charge is 2.34. The average molecular weight is 203 g/mol. The fourth-order valence-electron chi connectivity index (χ4n) is 1.81. The maximum absolute atomic E-state index is 9.76. The van der Waals surface area contributed by atoms with E-state index in [0.717, 1.165) is 6.42 Å². The molecule has 86 valence electrons. The van der Waals surface area contributed by atoms with Gasteiger partial charge in [-0.15, -0.1) is 0 Å². The predicted molar refractivity (Wildman–Crippen MR) is 59.5 cm³/mol. The number of nitrogens with zero attached hydrogens (tertiary/aromatic N) is 1. The van der Waals surface area contributed by atoms with Gasteiger partial charge in [0.25, 0.3) is 0 Å². The number of aliphatic hydroxyl groups excluding tert-OH is 1. The Balaban J connectivity index is 0.000000791. The number of rotatable bonds is 1. The molecule has 0 spiro atoms. The first-order chi connectivity index (χ1) is 6.52. The van der Waals surface area contributed by atoms with Gasteiger partial charge in [-0.05, 0) is 34.4 Å². The minimum atomic E-state index is -0.351. The molecule has 0 amide bonds. The summed E-state index contributed by atoms with van der Waals surface area (Å²) in [5.74, 6) is 0. The van der Waals surface area contributed by atoms with Crippen LogP contribution < -0.4 is 0 Å². The highest BCUT2D eigenvalue weighted by atomic mass is 16.5. The van der Waals surface area contributed by atoms with Crippen molar-refractivity contribution >= 4 is 0 Å². The monoisotopic (exact) mass is 203 g/mol. The van der Waals surface area contributed by atoms with Crippen molar-refractivity contribution < 1.29 is 9.84 Å². The van der Waals surface area contributed by atoms with Crippen molar-refractivity contribution in [3.63, 3.8) is 0 Å². The fourth-order valence-corrected chi connectivity index (χ4v) is 1.81. The van der Waals surface area contributed by atoms with Crippen LogP contribution in [-0.4, -0.2) is 48.5 Å². The molecule has 0 aromatic carbocycles. The normalized spacial score (nSPS) is 37.7. The third-order valence-electron chi connectivity index (χ3n) is 2.56. The summed E-state index contributed by atoms with van der Waals surface area (Å²) in [6, 6.07) is 0.240. The minimum absolute atomic E-state index is 0.0406. The fraction of sp³-hybridized carbons (Fsp3) is 1.00. The molecule has 1 fully saturated rings. The number of ether oxygens (including phenoxy) is 1. The Kier molecular flexibility index (Phi) is 6.33. The SMILES string of the molecule is CC.CC1CC(N(C)C)C(O)C(C)O1. The number of aliphatic hydroxyl groups is 1. The van der Waals surface area contributed by atoms with Gasteiger partial charge in [0.05, 0.1) is 18.3 Å². The highest BCUT2D eigenvalue weighted by Crippen LogP contribution is 2.22. The predicted octanol–water partition coefficient (Wildman–Crippen LogP) is 1.50. The second kappa shape index (κ2) is 6.38. The summed E-state index contributed by atoms with van der Waals surface area (Å²) in [5.41, 5.74) is 0. The van der Waals surface area contributed by atoms with Crippen molar-refractivity contribution in [3.8, 4) is 0 Å². The molecule has 0 saturated carbocycles. The summed E-state index contributed by atoms with van der Waals surface area (Å²) in [6.07, 6.45) is 0.784. The lowest BCUT2D eigenvalue weighted by Crippen LogP contribution is -2.52. The Labute approximate surface area is 88.1 Å². The third-order valence-corrected chi connectivity index (χ3v) is 2.56. The van der Waals surface area contributed by atoms with Gasteiger partial charge in [0.15, 0.2) is 0 Å². The van der Waals surface area contributed by atoms with Crippen molar-refractivity contribution in [1.82, 2.24) is 4.90 Å².